The van der Waals surface area contributed by atoms with Crippen LogP contribution in [0.4, 0.5) is 0 Å². The van der Waals surface area contributed by atoms with Crippen molar-refractivity contribution >= 4 is 5.97 Å². The van der Waals surface area contributed by atoms with Crippen molar-refractivity contribution in [2.75, 3.05) is 33.2 Å². The summed E-state index contributed by atoms with van der Waals surface area (Å²) in [6.45, 7) is 3.77. The molecule has 4 heteroatoms. The second kappa shape index (κ2) is 3.27. The van der Waals surface area contributed by atoms with E-state index in [4.69, 9.17) is 5.11 Å². The average Bonchev–Trinajstić information content (AvgIpc) is 2.31. The van der Waals surface area contributed by atoms with Crippen LogP contribution in [0.5, 0.6) is 0 Å². The third kappa shape index (κ3) is 1.69. The minimum absolute atomic E-state index is 0.106. The van der Waals surface area contributed by atoms with Gasteiger partial charge in [-0.2, -0.15) is 0 Å². The topological polar surface area (TPSA) is 43.8 Å². The van der Waals surface area contributed by atoms with E-state index in [0.29, 0.717) is 6.04 Å². The van der Waals surface area contributed by atoms with Gasteiger partial charge in [0, 0.05) is 25.7 Å². The van der Waals surface area contributed by atoms with Crippen molar-refractivity contribution < 1.29 is 9.90 Å². The highest BCUT2D eigenvalue weighted by atomic mass is 16.4. The molecular weight excluding hydrogens is 168 g/mol. The predicted molar refractivity (Wildman–Crippen MR) is 48.6 cm³/mol. The van der Waals surface area contributed by atoms with Crippen LogP contribution in [-0.2, 0) is 4.79 Å². The third-order valence-electron chi connectivity index (χ3n) is 3.14. The van der Waals surface area contributed by atoms with Gasteiger partial charge in [0.15, 0.2) is 0 Å². The summed E-state index contributed by atoms with van der Waals surface area (Å²) in [4.78, 5) is 15.2. The summed E-state index contributed by atoms with van der Waals surface area (Å²) < 4.78 is 0. The van der Waals surface area contributed by atoms with E-state index < -0.39 is 5.97 Å². The molecule has 13 heavy (non-hydrogen) atoms. The van der Waals surface area contributed by atoms with Crippen molar-refractivity contribution in [3.05, 3.63) is 0 Å². The van der Waals surface area contributed by atoms with Crippen molar-refractivity contribution in [2.24, 2.45) is 5.92 Å². The Morgan fingerprint density at radius 1 is 1.38 bits per heavy atom. The Morgan fingerprint density at radius 2 is 2.08 bits per heavy atom. The SMILES string of the molecule is CN1CCC(N2CC(C(=O)O)C2)C1. The molecule has 0 saturated carbocycles. The van der Waals surface area contributed by atoms with Crippen LogP contribution in [-0.4, -0.2) is 60.1 Å². The summed E-state index contributed by atoms with van der Waals surface area (Å²) >= 11 is 0. The molecular formula is C9H16N2O2. The summed E-state index contributed by atoms with van der Waals surface area (Å²) in [7, 11) is 2.12. The number of rotatable bonds is 2. The smallest absolute Gasteiger partial charge is 0.309 e. The maximum atomic E-state index is 10.6. The van der Waals surface area contributed by atoms with Crippen molar-refractivity contribution in [1.82, 2.24) is 9.80 Å². The predicted octanol–water partition coefficient (Wildman–Crippen LogP) is -0.293. The first kappa shape index (κ1) is 8.97. The van der Waals surface area contributed by atoms with Crippen molar-refractivity contribution in [3.63, 3.8) is 0 Å². The molecule has 2 fully saturated rings. The fourth-order valence-electron chi connectivity index (χ4n) is 2.18. The lowest BCUT2D eigenvalue weighted by Gasteiger charge is -2.40. The van der Waals surface area contributed by atoms with Gasteiger partial charge >= 0.3 is 5.97 Å². The van der Waals surface area contributed by atoms with E-state index in [-0.39, 0.29) is 5.92 Å². The number of aliphatic carboxylic acids is 1. The normalized spacial score (nSPS) is 31.9. The minimum Gasteiger partial charge on any atom is -0.481 e. The minimum atomic E-state index is -0.636. The van der Waals surface area contributed by atoms with Crippen LogP contribution in [0.3, 0.4) is 0 Å². The molecule has 1 N–H and O–H groups in total. The van der Waals surface area contributed by atoms with E-state index in [1.807, 2.05) is 0 Å². The Bertz CT molecular complexity index is 214. The van der Waals surface area contributed by atoms with Crippen molar-refractivity contribution in [1.29, 1.82) is 0 Å². The van der Waals surface area contributed by atoms with Crippen LogP contribution < -0.4 is 0 Å². The monoisotopic (exact) mass is 184 g/mol. The molecule has 2 aliphatic rings. The Morgan fingerprint density at radius 3 is 2.54 bits per heavy atom. The Kier molecular flexibility index (Phi) is 2.26. The van der Waals surface area contributed by atoms with Gasteiger partial charge in [-0.3, -0.25) is 9.69 Å². The van der Waals surface area contributed by atoms with Gasteiger partial charge in [0.1, 0.15) is 0 Å². The number of likely N-dealkylation sites (N-methyl/N-ethyl adjacent to an activating group) is 1. The third-order valence-corrected chi connectivity index (χ3v) is 3.14. The van der Waals surface area contributed by atoms with Crippen molar-refractivity contribution in [3.8, 4) is 0 Å². The first-order chi connectivity index (χ1) is 6.16. The van der Waals surface area contributed by atoms with Crippen LogP contribution in [0.25, 0.3) is 0 Å². The molecule has 0 amide bonds. The Labute approximate surface area is 78.1 Å². The molecule has 0 aliphatic carbocycles. The van der Waals surface area contributed by atoms with Crippen LogP contribution in [0, 0.1) is 5.92 Å². The second-order valence-electron chi connectivity index (χ2n) is 4.19. The molecule has 74 valence electrons. The molecule has 2 aliphatic heterocycles. The van der Waals surface area contributed by atoms with E-state index in [1.165, 1.54) is 6.42 Å². The highest BCUT2D eigenvalue weighted by molar-refractivity contribution is 5.71. The molecule has 0 aromatic rings. The molecule has 0 aromatic carbocycles. The van der Waals surface area contributed by atoms with Gasteiger partial charge in [-0.15, -0.1) is 0 Å². The summed E-state index contributed by atoms with van der Waals surface area (Å²) in [6, 6.07) is 0.612. The van der Waals surface area contributed by atoms with E-state index in [9.17, 15) is 4.79 Å². The van der Waals surface area contributed by atoms with Gasteiger partial charge in [-0.1, -0.05) is 0 Å². The quantitative estimate of drug-likeness (QED) is 0.640. The van der Waals surface area contributed by atoms with E-state index in [2.05, 4.69) is 16.8 Å². The van der Waals surface area contributed by atoms with Gasteiger partial charge in [0.2, 0.25) is 0 Å². The number of carboxylic acids is 1. The van der Waals surface area contributed by atoms with E-state index in [0.717, 1.165) is 26.2 Å². The van der Waals surface area contributed by atoms with Crippen molar-refractivity contribution in [2.45, 2.75) is 12.5 Å². The van der Waals surface area contributed by atoms with Crippen LogP contribution >= 0.6 is 0 Å². The zero-order valence-corrected chi connectivity index (χ0v) is 7.94. The second-order valence-corrected chi connectivity index (χ2v) is 4.19. The van der Waals surface area contributed by atoms with Gasteiger partial charge in [-0.05, 0) is 20.0 Å². The van der Waals surface area contributed by atoms with Crippen LogP contribution in [0.15, 0.2) is 0 Å². The average molecular weight is 184 g/mol. The summed E-state index contributed by atoms with van der Waals surface area (Å²) in [5, 5.41) is 8.71. The first-order valence-electron chi connectivity index (χ1n) is 4.82. The number of hydrogen-bond acceptors (Lipinski definition) is 3. The maximum Gasteiger partial charge on any atom is 0.309 e. The molecule has 2 rings (SSSR count). The van der Waals surface area contributed by atoms with E-state index >= 15 is 0 Å². The number of nitrogens with zero attached hydrogens (tertiary/aromatic N) is 2. The number of hydrogen-bond donors (Lipinski definition) is 1. The number of carboxylic acid groups (broad SMARTS) is 1. The fourth-order valence-corrected chi connectivity index (χ4v) is 2.18. The van der Waals surface area contributed by atoms with Gasteiger partial charge in [0.05, 0.1) is 5.92 Å². The van der Waals surface area contributed by atoms with E-state index in [1.54, 1.807) is 0 Å². The Hall–Kier alpha value is -0.610. The Balaban J connectivity index is 1.77. The van der Waals surface area contributed by atoms with Crippen LogP contribution in [0.2, 0.25) is 0 Å². The standard InChI is InChI=1S/C9H16N2O2/c1-10-3-2-8(6-10)11-4-7(5-11)9(12)13/h7-8H,2-6H2,1H3,(H,12,13). The highest BCUT2D eigenvalue weighted by Crippen LogP contribution is 2.23. The van der Waals surface area contributed by atoms with Crippen LogP contribution in [0.1, 0.15) is 6.42 Å². The largest absolute Gasteiger partial charge is 0.481 e. The highest BCUT2D eigenvalue weighted by Gasteiger charge is 2.38. The lowest BCUT2D eigenvalue weighted by molar-refractivity contribution is -0.148. The number of carbonyl (C=O) groups is 1. The molecule has 0 bridgehead atoms. The molecule has 2 heterocycles. The summed E-state index contributed by atoms with van der Waals surface area (Å²) in [6.07, 6.45) is 1.20. The summed E-state index contributed by atoms with van der Waals surface area (Å²) in [5.41, 5.74) is 0. The van der Waals surface area contributed by atoms with Gasteiger partial charge < -0.3 is 10.0 Å². The molecule has 4 nitrogen and oxygen atoms in total. The molecule has 1 atom stereocenters. The lowest BCUT2D eigenvalue weighted by atomic mass is 9.97. The molecule has 1 unspecified atom stereocenters. The maximum absolute atomic E-state index is 10.6. The number of likely N-dealkylation sites (tertiary alicyclic amines) is 2. The molecule has 0 radical (unpaired) electrons. The lowest BCUT2D eigenvalue weighted by Crippen LogP contribution is -2.55. The zero-order chi connectivity index (χ0) is 9.42. The molecule has 0 spiro atoms. The van der Waals surface area contributed by atoms with Gasteiger partial charge in [0.25, 0.3) is 0 Å². The van der Waals surface area contributed by atoms with Gasteiger partial charge in [-0.25, -0.2) is 0 Å². The summed E-state index contributed by atoms with van der Waals surface area (Å²) in [5.74, 6) is -0.742. The molecule has 2 saturated heterocycles. The first-order valence-corrected chi connectivity index (χ1v) is 4.82. The fraction of sp³-hybridized carbons (Fsp3) is 0.889. The molecule has 0 aromatic heterocycles. The zero-order valence-electron chi connectivity index (χ0n) is 7.94.